The van der Waals surface area contributed by atoms with Crippen LogP contribution in [0.2, 0.25) is 0 Å². The first-order valence-electron chi connectivity index (χ1n) is 4.97. The standard InChI is InChI=1S/C11H16FN3/c1-2-15(8-7-11(13)14)10-6-4-3-5-9(10)12/h3-6H,2,7-8H2,1H3,(H3,13,14). The van der Waals surface area contributed by atoms with Crippen LogP contribution < -0.4 is 10.6 Å². The maximum atomic E-state index is 13.4. The van der Waals surface area contributed by atoms with Gasteiger partial charge in [-0.05, 0) is 19.1 Å². The van der Waals surface area contributed by atoms with Crippen molar-refractivity contribution in [2.24, 2.45) is 5.73 Å². The van der Waals surface area contributed by atoms with E-state index < -0.39 is 0 Å². The number of nitrogens with one attached hydrogen (secondary N) is 1. The van der Waals surface area contributed by atoms with E-state index in [1.54, 1.807) is 18.2 Å². The number of hydrogen-bond acceptors (Lipinski definition) is 2. The summed E-state index contributed by atoms with van der Waals surface area (Å²) in [6.45, 7) is 3.23. The Morgan fingerprint density at radius 2 is 2.13 bits per heavy atom. The van der Waals surface area contributed by atoms with Crippen molar-refractivity contribution in [1.29, 1.82) is 5.41 Å². The number of benzene rings is 1. The maximum absolute atomic E-state index is 13.4. The Bertz CT molecular complexity index is 338. The van der Waals surface area contributed by atoms with Crippen LogP contribution in [0.15, 0.2) is 24.3 Å². The van der Waals surface area contributed by atoms with Crippen LogP contribution >= 0.6 is 0 Å². The van der Waals surface area contributed by atoms with Crippen molar-refractivity contribution in [2.75, 3.05) is 18.0 Å². The van der Waals surface area contributed by atoms with Crippen LogP contribution in [0.1, 0.15) is 13.3 Å². The molecule has 3 nitrogen and oxygen atoms in total. The summed E-state index contributed by atoms with van der Waals surface area (Å²) in [4.78, 5) is 1.87. The Morgan fingerprint density at radius 3 is 2.67 bits per heavy atom. The van der Waals surface area contributed by atoms with Crippen LogP contribution in [-0.2, 0) is 0 Å². The van der Waals surface area contributed by atoms with E-state index in [1.807, 2.05) is 11.8 Å². The van der Waals surface area contributed by atoms with Gasteiger partial charge in [0.1, 0.15) is 5.82 Å². The number of halogens is 1. The molecule has 0 unspecified atom stereocenters. The Kier molecular flexibility index (Phi) is 4.09. The van der Waals surface area contributed by atoms with E-state index in [4.69, 9.17) is 11.1 Å². The second-order valence-electron chi connectivity index (χ2n) is 3.31. The molecule has 1 aromatic rings. The Morgan fingerprint density at radius 1 is 1.47 bits per heavy atom. The van der Waals surface area contributed by atoms with E-state index in [1.165, 1.54) is 6.07 Å². The lowest BCUT2D eigenvalue weighted by Crippen LogP contribution is -2.28. The number of amidine groups is 1. The Labute approximate surface area is 89.2 Å². The Hall–Kier alpha value is -1.58. The van der Waals surface area contributed by atoms with Crippen molar-refractivity contribution in [3.8, 4) is 0 Å². The molecule has 3 N–H and O–H groups in total. The van der Waals surface area contributed by atoms with Gasteiger partial charge in [-0.3, -0.25) is 5.41 Å². The summed E-state index contributed by atoms with van der Waals surface area (Å²) in [6.07, 6.45) is 0.460. The normalized spacial score (nSPS) is 10.0. The van der Waals surface area contributed by atoms with Crippen LogP contribution in [-0.4, -0.2) is 18.9 Å². The van der Waals surface area contributed by atoms with Gasteiger partial charge in [0, 0.05) is 19.5 Å². The number of para-hydroxylation sites is 1. The van der Waals surface area contributed by atoms with Gasteiger partial charge in [0.05, 0.1) is 11.5 Å². The van der Waals surface area contributed by atoms with E-state index in [2.05, 4.69) is 0 Å². The zero-order valence-electron chi connectivity index (χ0n) is 8.83. The van der Waals surface area contributed by atoms with Crippen molar-refractivity contribution in [2.45, 2.75) is 13.3 Å². The van der Waals surface area contributed by atoms with E-state index in [0.717, 1.165) is 0 Å². The van der Waals surface area contributed by atoms with Crippen molar-refractivity contribution in [3.05, 3.63) is 30.1 Å². The molecule has 0 atom stereocenters. The monoisotopic (exact) mass is 209 g/mol. The highest BCUT2D eigenvalue weighted by Gasteiger charge is 2.08. The topological polar surface area (TPSA) is 53.1 Å². The predicted octanol–water partition coefficient (Wildman–Crippen LogP) is 1.98. The first-order chi connectivity index (χ1) is 7.15. The molecule has 15 heavy (non-hydrogen) atoms. The summed E-state index contributed by atoms with van der Waals surface area (Å²) in [5.74, 6) is -0.104. The minimum absolute atomic E-state index is 0.129. The fourth-order valence-corrected chi connectivity index (χ4v) is 1.41. The first-order valence-corrected chi connectivity index (χ1v) is 4.97. The van der Waals surface area contributed by atoms with Gasteiger partial charge in [-0.15, -0.1) is 0 Å². The highest BCUT2D eigenvalue weighted by Crippen LogP contribution is 2.18. The molecule has 0 fully saturated rings. The van der Waals surface area contributed by atoms with Gasteiger partial charge < -0.3 is 10.6 Å². The summed E-state index contributed by atoms with van der Waals surface area (Å²) >= 11 is 0. The third kappa shape index (κ3) is 3.23. The molecule has 0 saturated heterocycles. The van der Waals surface area contributed by atoms with Crippen LogP contribution in [0.5, 0.6) is 0 Å². The molecule has 82 valence electrons. The van der Waals surface area contributed by atoms with Crippen LogP contribution in [0.25, 0.3) is 0 Å². The molecule has 1 rings (SSSR count). The number of hydrogen-bond donors (Lipinski definition) is 2. The van der Waals surface area contributed by atoms with Gasteiger partial charge in [-0.25, -0.2) is 4.39 Å². The van der Waals surface area contributed by atoms with Gasteiger partial charge in [-0.1, -0.05) is 12.1 Å². The lowest BCUT2D eigenvalue weighted by atomic mass is 10.2. The number of nitrogens with zero attached hydrogens (tertiary/aromatic N) is 1. The molecule has 0 bridgehead atoms. The second kappa shape index (κ2) is 5.34. The van der Waals surface area contributed by atoms with Crippen molar-refractivity contribution in [3.63, 3.8) is 0 Å². The molecule has 0 aliphatic heterocycles. The maximum Gasteiger partial charge on any atom is 0.146 e. The second-order valence-corrected chi connectivity index (χ2v) is 3.31. The SMILES string of the molecule is CCN(CCC(=N)N)c1ccccc1F. The smallest absolute Gasteiger partial charge is 0.146 e. The Balaban J connectivity index is 2.74. The lowest BCUT2D eigenvalue weighted by molar-refractivity contribution is 0.619. The molecule has 0 amide bonds. The predicted molar refractivity (Wildman–Crippen MR) is 60.8 cm³/mol. The third-order valence-corrected chi connectivity index (χ3v) is 2.23. The fraction of sp³-hybridized carbons (Fsp3) is 0.364. The molecule has 0 saturated carbocycles. The molecule has 0 spiro atoms. The number of anilines is 1. The average Bonchev–Trinajstić information content (AvgIpc) is 2.21. The molecule has 0 heterocycles. The summed E-state index contributed by atoms with van der Waals surface area (Å²) in [5.41, 5.74) is 5.85. The molecule has 4 heteroatoms. The molecular formula is C11H16FN3. The molecule has 0 aromatic heterocycles. The number of rotatable bonds is 5. The molecular weight excluding hydrogens is 193 g/mol. The quantitative estimate of drug-likeness (QED) is 0.575. The summed E-state index contributed by atoms with van der Waals surface area (Å²) in [6, 6.07) is 6.64. The van der Waals surface area contributed by atoms with Gasteiger partial charge in [-0.2, -0.15) is 0 Å². The van der Waals surface area contributed by atoms with Crippen molar-refractivity contribution < 1.29 is 4.39 Å². The van der Waals surface area contributed by atoms with Gasteiger partial charge in [0.2, 0.25) is 0 Å². The average molecular weight is 209 g/mol. The highest BCUT2D eigenvalue weighted by molar-refractivity contribution is 5.77. The van der Waals surface area contributed by atoms with Gasteiger partial charge in [0.15, 0.2) is 0 Å². The van der Waals surface area contributed by atoms with Crippen LogP contribution in [0, 0.1) is 11.2 Å². The molecule has 1 aromatic carbocycles. The summed E-state index contributed by atoms with van der Waals surface area (Å²) in [7, 11) is 0. The van der Waals surface area contributed by atoms with Crippen molar-refractivity contribution >= 4 is 11.5 Å². The zero-order valence-corrected chi connectivity index (χ0v) is 8.83. The van der Waals surface area contributed by atoms with Crippen LogP contribution in [0.3, 0.4) is 0 Å². The summed E-state index contributed by atoms with van der Waals surface area (Å²) in [5, 5.41) is 7.14. The third-order valence-electron chi connectivity index (χ3n) is 2.23. The highest BCUT2D eigenvalue weighted by atomic mass is 19.1. The first kappa shape index (κ1) is 11.5. The van der Waals surface area contributed by atoms with E-state index in [-0.39, 0.29) is 11.7 Å². The van der Waals surface area contributed by atoms with Crippen LogP contribution in [0.4, 0.5) is 10.1 Å². The minimum Gasteiger partial charge on any atom is -0.388 e. The van der Waals surface area contributed by atoms with E-state index in [0.29, 0.717) is 25.2 Å². The lowest BCUT2D eigenvalue weighted by Gasteiger charge is -2.23. The van der Waals surface area contributed by atoms with Crippen molar-refractivity contribution in [1.82, 2.24) is 0 Å². The van der Waals surface area contributed by atoms with Gasteiger partial charge >= 0.3 is 0 Å². The summed E-state index contributed by atoms with van der Waals surface area (Å²) < 4.78 is 13.4. The van der Waals surface area contributed by atoms with E-state index in [9.17, 15) is 4.39 Å². The number of nitrogens with two attached hydrogens (primary N) is 1. The largest absolute Gasteiger partial charge is 0.388 e. The molecule has 0 radical (unpaired) electrons. The minimum atomic E-state index is -0.233. The zero-order chi connectivity index (χ0) is 11.3. The van der Waals surface area contributed by atoms with Gasteiger partial charge in [0.25, 0.3) is 0 Å². The molecule has 0 aliphatic rings. The van der Waals surface area contributed by atoms with E-state index >= 15 is 0 Å². The molecule has 0 aliphatic carbocycles. The fourth-order valence-electron chi connectivity index (χ4n) is 1.41.